The smallest absolute Gasteiger partial charge is 0.293 e. The van der Waals surface area contributed by atoms with E-state index in [0.717, 1.165) is 10.9 Å². The Hall–Kier alpha value is -3.97. The number of fused-ring (bicyclic) bond motifs is 1. The zero-order chi connectivity index (χ0) is 24.3. The van der Waals surface area contributed by atoms with Crippen LogP contribution in [0.15, 0.2) is 83.3 Å². The van der Waals surface area contributed by atoms with E-state index in [-0.39, 0.29) is 22.2 Å². The van der Waals surface area contributed by atoms with Crippen LogP contribution < -0.4 is 16.0 Å². The number of carbonyl (C=O) groups excluding carboxylic acids is 2. The molecule has 4 rings (SSSR count). The molecule has 34 heavy (non-hydrogen) atoms. The summed E-state index contributed by atoms with van der Waals surface area (Å²) in [6.45, 7) is 6.39. The molecule has 0 aliphatic rings. The van der Waals surface area contributed by atoms with Crippen molar-refractivity contribution in [3.63, 3.8) is 0 Å². The van der Waals surface area contributed by atoms with E-state index in [4.69, 9.17) is 16.6 Å². The van der Waals surface area contributed by atoms with Gasteiger partial charge in [0.15, 0.2) is 10.9 Å². The number of furan rings is 1. The van der Waals surface area contributed by atoms with Crippen LogP contribution in [0.4, 0.5) is 11.4 Å². The van der Waals surface area contributed by atoms with E-state index < -0.39 is 5.91 Å². The molecule has 1 heterocycles. The fraction of sp³-hybridized carbons (Fsp3) is 0.148. The molecule has 0 unspecified atom stereocenters. The van der Waals surface area contributed by atoms with Gasteiger partial charge in [0.2, 0.25) is 0 Å². The van der Waals surface area contributed by atoms with Crippen molar-refractivity contribution in [2.75, 3.05) is 10.6 Å². The molecule has 0 bridgehead atoms. The van der Waals surface area contributed by atoms with Gasteiger partial charge in [-0.2, -0.15) is 0 Å². The molecule has 0 spiro atoms. The van der Waals surface area contributed by atoms with Gasteiger partial charge in [-0.25, -0.2) is 0 Å². The zero-order valence-corrected chi connectivity index (χ0v) is 20.0. The van der Waals surface area contributed by atoms with Gasteiger partial charge in [0.1, 0.15) is 5.58 Å². The lowest BCUT2D eigenvalue weighted by atomic mass is 9.87. The minimum atomic E-state index is -0.447. The Kier molecular flexibility index (Phi) is 6.47. The van der Waals surface area contributed by atoms with E-state index in [1.54, 1.807) is 36.4 Å². The van der Waals surface area contributed by atoms with Gasteiger partial charge in [-0.15, -0.1) is 0 Å². The summed E-state index contributed by atoms with van der Waals surface area (Å²) in [6, 6.07) is 23.7. The fourth-order valence-corrected chi connectivity index (χ4v) is 3.63. The molecule has 0 atom stereocenters. The van der Waals surface area contributed by atoms with Crippen molar-refractivity contribution in [2.45, 2.75) is 26.2 Å². The molecule has 0 saturated heterocycles. The van der Waals surface area contributed by atoms with Gasteiger partial charge in [0.25, 0.3) is 11.8 Å². The molecule has 0 saturated carbocycles. The molecular formula is C27H25N3O3S. The molecule has 3 N–H and O–H groups in total. The van der Waals surface area contributed by atoms with Crippen molar-refractivity contribution >= 4 is 51.5 Å². The number of nitrogens with one attached hydrogen (secondary N) is 3. The number of para-hydroxylation sites is 1. The monoisotopic (exact) mass is 471 g/mol. The molecule has 172 valence electrons. The molecule has 0 aliphatic heterocycles. The summed E-state index contributed by atoms with van der Waals surface area (Å²) in [5.74, 6) is -0.487. The van der Waals surface area contributed by atoms with Gasteiger partial charge in [-0.05, 0) is 65.7 Å². The third kappa shape index (κ3) is 5.50. The van der Waals surface area contributed by atoms with Crippen LogP contribution in [0.2, 0.25) is 0 Å². The number of rotatable bonds is 4. The first-order valence-electron chi connectivity index (χ1n) is 10.8. The highest BCUT2D eigenvalue weighted by Gasteiger charge is 2.15. The highest BCUT2D eigenvalue weighted by Crippen LogP contribution is 2.23. The quantitative estimate of drug-likeness (QED) is 0.313. The van der Waals surface area contributed by atoms with Gasteiger partial charge in [0, 0.05) is 22.3 Å². The summed E-state index contributed by atoms with van der Waals surface area (Å²) in [4.78, 5) is 25.1. The second-order valence-corrected chi connectivity index (χ2v) is 9.33. The van der Waals surface area contributed by atoms with E-state index in [9.17, 15) is 9.59 Å². The number of anilines is 2. The maximum Gasteiger partial charge on any atom is 0.293 e. The van der Waals surface area contributed by atoms with Crippen LogP contribution in [0, 0.1) is 0 Å². The minimum absolute atomic E-state index is 0.0211. The Morgan fingerprint density at radius 1 is 0.794 bits per heavy atom. The fourth-order valence-electron chi connectivity index (χ4n) is 3.42. The number of thiocarbonyl (C=S) groups is 1. The molecule has 4 aromatic rings. The lowest BCUT2D eigenvalue weighted by Crippen LogP contribution is -2.33. The van der Waals surface area contributed by atoms with Gasteiger partial charge >= 0.3 is 0 Å². The second-order valence-electron chi connectivity index (χ2n) is 8.92. The summed E-state index contributed by atoms with van der Waals surface area (Å²) in [6.07, 6.45) is 0. The molecule has 1 aromatic heterocycles. The predicted octanol–water partition coefficient (Wildman–Crippen LogP) is 6.11. The van der Waals surface area contributed by atoms with Crippen LogP contribution in [0.1, 0.15) is 47.2 Å². The molecule has 0 aliphatic carbocycles. The zero-order valence-electron chi connectivity index (χ0n) is 19.1. The van der Waals surface area contributed by atoms with Gasteiger partial charge in [0.05, 0.1) is 0 Å². The number of amides is 2. The first kappa shape index (κ1) is 23.2. The van der Waals surface area contributed by atoms with Crippen LogP contribution in [-0.4, -0.2) is 16.9 Å². The molecular weight excluding hydrogens is 446 g/mol. The molecule has 6 nitrogen and oxygen atoms in total. The summed E-state index contributed by atoms with van der Waals surface area (Å²) in [7, 11) is 0. The highest BCUT2D eigenvalue weighted by molar-refractivity contribution is 7.80. The molecule has 7 heteroatoms. The van der Waals surface area contributed by atoms with Gasteiger partial charge in [-0.1, -0.05) is 57.2 Å². The first-order chi connectivity index (χ1) is 16.2. The van der Waals surface area contributed by atoms with Crippen LogP contribution in [0.25, 0.3) is 11.0 Å². The standard InChI is InChI=1S/C27H25N3O3S/c1-27(2,3)19-13-11-17(12-14-19)24(31)28-20-8-6-9-21(16-20)29-26(34)30-25(32)23-15-18-7-4-5-10-22(18)33-23/h4-16H,1-3H3,(H,28,31)(H2,29,30,32,34). The van der Waals surface area contributed by atoms with Crippen LogP contribution in [0.3, 0.4) is 0 Å². The Bertz CT molecular complexity index is 1330. The normalized spacial score (nSPS) is 11.1. The van der Waals surface area contributed by atoms with Crippen molar-refractivity contribution in [1.29, 1.82) is 0 Å². The predicted molar refractivity (Wildman–Crippen MR) is 139 cm³/mol. The molecule has 0 radical (unpaired) electrons. The third-order valence-electron chi connectivity index (χ3n) is 5.27. The molecule has 2 amide bonds. The average molecular weight is 472 g/mol. The third-order valence-corrected chi connectivity index (χ3v) is 5.47. The van der Waals surface area contributed by atoms with E-state index >= 15 is 0 Å². The van der Waals surface area contributed by atoms with Gasteiger partial charge < -0.3 is 15.1 Å². The van der Waals surface area contributed by atoms with Crippen LogP contribution in [0.5, 0.6) is 0 Å². The summed E-state index contributed by atoms with van der Waals surface area (Å²) in [5.41, 5.74) is 3.60. The molecule has 3 aromatic carbocycles. The number of carbonyl (C=O) groups is 2. The van der Waals surface area contributed by atoms with E-state index in [0.29, 0.717) is 22.5 Å². The topological polar surface area (TPSA) is 83.4 Å². The first-order valence-corrected chi connectivity index (χ1v) is 11.2. The SMILES string of the molecule is CC(C)(C)c1ccc(C(=O)Nc2cccc(NC(=S)NC(=O)c3cc4ccccc4o3)c2)cc1. The largest absolute Gasteiger partial charge is 0.451 e. The van der Waals surface area contributed by atoms with Crippen molar-refractivity contribution < 1.29 is 14.0 Å². The molecule has 0 fully saturated rings. The van der Waals surface area contributed by atoms with Crippen molar-refractivity contribution in [3.05, 3.63) is 95.7 Å². The lowest BCUT2D eigenvalue weighted by Gasteiger charge is -2.19. The Morgan fingerprint density at radius 3 is 2.15 bits per heavy atom. The highest BCUT2D eigenvalue weighted by atomic mass is 32.1. The number of hydrogen-bond donors (Lipinski definition) is 3. The summed E-state index contributed by atoms with van der Waals surface area (Å²) < 4.78 is 5.56. The summed E-state index contributed by atoms with van der Waals surface area (Å²) in [5, 5.41) is 9.41. The van der Waals surface area contributed by atoms with Crippen LogP contribution >= 0.6 is 12.2 Å². The van der Waals surface area contributed by atoms with E-state index in [1.807, 2.05) is 42.5 Å². The van der Waals surface area contributed by atoms with E-state index in [1.165, 1.54) is 0 Å². The second kappa shape index (κ2) is 9.49. The maximum atomic E-state index is 12.7. The Balaban J connectivity index is 1.37. The lowest BCUT2D eigenvalue weighted by molar-refractivity contribution is 0.0952. The number of hydrogen-bond acceptors (Lipinski definition) is 4. The van der Waals surface area contributed by atoms with Gasteiger partial charge in [-0.3, -0.25) is 14.9 Å². The minimum Gasteiger partial charge on any atom is -0.451 e. The van der Waals surface area contributed by atoms with Crippen molar-refractivity contribution in [2.24, 2.45) is 0 Å². The van der Waals surface area contributed by atoms with E-state index in [2.05, 4.69) is 36.7 Å². The Morgan fingerprint density at radius 2 is 1.47 bits per heavy atom. The number of benzene rings is 3. The van der Waals surface area contributed by atoms with Crippen molar-refractivity contribution in [1.82, 2.24) is 5.32 Å². The van der Waals surface area contributed by atoms with Crippen molar-refractivity contribution in [3.8, 4) is 0 Å². The summed E-state index contributed by atoms with van der Waals surface area (Å²) >= 11 is 5.27. The maximum absolute atomic E-state index is 12.7. The average Bonchev–Trinajstić information content (AvgIpc) is 3.23. The Labute approximate surface area is 203 Å². The van der Waals surface area contributed by atoms with Crippen LogP contribution in [-0.2, 0) is 5.41 Å².